The minimum absolute atomic E-state index is 0.168. The lowest BCUT2D eigenvalue weighted by Crippen LogP contribution is -2.09. The molecule has 0 atom stereocenters. The topological polar surface area (TPSA) is 67.9 Å². The van der Waals surface area contributed by atoms with Crippen LogP contribution >= 0.6 is 0 Å². The lowest BCUT2D eigenvalue weighted by Gasteiger charge is -2.08. The molecule has 0 fully saturated rings. The standard InChI is InChI=1S/C21H17N3O2/c1-13-7-8-16(11-14(13)2)26-19-12-15(9-10-22-19)20-23-18-6-4-3-5-17(18)21(25)24-20/h3-12H,1-2H3,(H,23,24,25). The summed E-state index contributed by atoms with van der Waals surface area (Å²) in [4.78, 5) is 23.9. The third-order valence-corrected chi connectivity index (χ3v) is 4.32. The quantitative estimate of drug-likeness (QED) is 0.599. The second-order valence-corrected chi connectivity index (χ2v) is 6.16. The zero-order valence-electron chi connectivity index (χ0n) is 14.5. The maximum Gasteiger partial charge on any atom is 0.259 e. The highest BCUT2D eigenvalue weighted by atomic mass is 16.5. The van der Waals surface area contributed by atoms with E-state index < -0.39 is 0 Å². The summed E-state index contributed by atoms with van der Waals surface area (Å²) in [6, 6.07) is 16.7. The van der Waals surface area contributed by atoms with Gasteiger partial charge in [0.25, 0.3) is 5.56 Å². The van der Waals surface area contributed by atoms with Crippen molar-refractivity contribution >= 4 is 10.9 Å². The van der Waals surface area contributed by atoms with Gasteiger partial charge < -0.3 is 9.72 Å². The number of aromatic nitrogens is 3. The van der Waals surface area contributed by atoms with Gasteiger partial charge in [-0.3, -0.25) is 4.79 Å². The van der Waals surface area contributed by atoms with Crippen LogP contribution in [0.2, 0.25) is 0 Å². The highest BCUT2D eigenvalue weighted by molar-refractivity contribution is 5.79. The maximum atomic E-state index is 12.3. The van der Waals surface area contributed by atoms with Crippen molar-refractivity contribution in [3.8, 4) is 23.0 Å². The molecule has 0 unspecified atom stereocenters. The fourth-order valence-electron chi connectivity index (χ4n) is 2.73. The summed E-state index contributed by atoms with van der Waals surface area (Å²) in [6.07, 6.45) is 1.64. The molecule has 26 heavy (non-hydrogen) atoms. The van der Waals surface area contributed by atoms with E-state index in [1.165, 1.54) is 5.56 Å². The van der Waals surface area contributed by atoms with E-state index in [9.17, 15) is 4.79 Å². The van der Waals surface area contributed by atoms with Crippen LogP contribution in [0, 0.1) is 13.8 Å². The molecule has 128 valence electrons. The number of aromatic amines is 1. The summed E-state index contributed by atoms with van der Waals surface area (Å²) in [7, 11) is 0. The Morgan fingerprint density at radius 2 is 1.81 bits per heavy atom. The molecule has 2 aromatic heterocycles. The first kappa shape index (κ1) is 16.0. The number of H-pyrrole nitrogens is 1. The zero-order valence-corrected chi connectivity index (χ0v) is 14.5. The first-order valence-electron chi connectivity index (χ1n) is 8.31. The zero-order chi connectivity index (χ0) is 18.1. The summed E-state index contributed by atoms with van der Waals surface area (Å²) in [5, 5.41) is 0.567. The van der Waals surface area contributed by atoms with Crippen molar-refractivity contribution in [2.45, 2.75) is 13.8 Å². The normalized spacial score (nSPS) is 10.8. The summed E-state index contributed by atoms with van der Waals surface area (Å²) in [5.74, 6) is 1.65. The number of pyridine rings is 1. The second kappa shape index (κ2) is 6.44. The van der Waals surface area contributed by atoms with Gasteiger partial charge in [0.15, 0.2) is 0 Å². The molecule has 0 radical (unpaired) electrons. The Balaban J connectivity index is 1.71. The van der Waals surface area contributed by atoms with Crippen LogP contribution in [0.25, 0.3) is 22.3 Å². The van der Waals surface area contributed by atoms with E-state index in [0.717, 1.165) is 16.9 Å². The lowest BCUT2D eigenvalue weighted by atomic mass is 10.1. The molecule has 0 bridgehead atoms. The van der Waals surface area contributed by atoms with E-state index >= 15 is 0 Å². The summed E-state index contributed by atoms with van der Waals surface area (Å²) in [6.45, 7) is 4.09. The molecule has 0 saturated carbocycles. The Morgan fingerprint density at radius 1 is 0.962 bits per heavy atom. The number of hydrogen-bond acceptors (Lipinski definition) is 4. The van der Waals surface area contributed by atoms with Gasteiger partial charge in [-0.25, -0.2) is 9.97 Å². The van der Waals surface area contributed by atoms with Gasteiger partial charge in [-0.15, -0.1) is 0 Å². The SMILES string of the molecule is Cc1ccc(Oc2cc(-c3nc4ccccc4c(=O)[nH]3)ccn2)cc1C. The van der Waals surface area contributed by atoms with E-state index in [4.69, 9.17) is 4.74 Å². The lowest BCUT2D eigenvalue weighted by molar-refractivity contribution is 0.462. The Kier molecular flexibility index (Phi) is 3.97. The molecule has 1 N–H and O–H groups in total. The van der Waals surface area contributed by atoms with Crippen LogP contribution in [0.1, 0.15) is 11.1 Å². The van der Waals surface area contributed by atoms with Crippen molar-refractivity contribution in [2.24, 2.45) is 0 Å². The van der Waals surface area contributed by atoms with Gasteiger partial charge in [-0.2, -0.15) is 0 Å². The third-order valence-electron chi connectivity index (χ3n) is 4.32. The predicted molar refractivity (Wildman–Crippen MR) is 102 cm³/mol. The van der Waals surface area contributed by atoms with Crippen molar-refractivity contribution in [2.75, 3.05) is 0 Å². The van der Waals surface area contributed by atoms with Crippen LogP contribution in [0.15, 0.2) is 65.6 Å². The fourth-order valence-corrected chi connectivity index (χ4v) is 2.73. The molecule has 4 aromatic rings. The highest BCUT2D eigenvalue weighted by Crippen LogP contribution is 2.25. The number of nitrogens with one attached hydrogen (secondary N) is 1. The summed E-state index contributed by atoms with van der Waals surface area (Å²) < 4.78 is 5.86. The van der Waals surface area contributed by atoms with Crippen LogP contribution in [-0.2, 0) is 0 Å². The minimum Gasteiger partial charge on any atom is -0.439 e. The number of para-hydroxylation sites is 1. The van der Waals surface area contributed by atoms with Gasteiger partial charge >= 0.3 is 0 Å². The Hall–Kier alpha value is -3.47. The average Bonchev–Trinajstić information content (AvgIpc) is 2.65. The molecule has 0 spiro atoms. The first-order chi connectivity index (χ1) is 12.6. The van der Waals surface area contributed by atoms with Crippen LogP contribution in [0.3, 0.4) is 0 Å². The number of nitrogens with zero attached hydrogens (tertiary/aromatic N) is 2. The van der Waals surface area contributed by atoms with Crippen molar-refractivity contribution in [1.29, 1.82) is 0 Å². The molecular weight excluding hydrogens is 326 g/mol. The Labute approximate surface area is 150 Å². The van der Waals surface area contributed by atoms with Crippen LogP contribution in [-0.4, -0.2) is 15.0 Å². The number of ether oxygens (including phenoxy) is 1. The summed E-state index contributed by atoms with van der Waals surface area (Å²) in [5.41, 5.74) is 3.58. The first-order valence-corrected chi connectivity index (χ1v) is 8.31. The van der Waals surface area contributed by atoms with Gasteiger partial charge in [-0.1, -0.05) is 18.2 Å². The summed E-state index contributed by atoms with van der Waals surface area (Å²) >= 11 is 0. The Morgan fingerprint density at radius 3 is 2.65 bits per heavy atom. The molecule has 0 aliphatic heterocycles. The number of rotatable bonds is 3. The Bertz CT molecular complexity index is 1170. The molecular formula is C21H17N3O2. The number of aryl methyl sites for hydroxylation is 2. The maximum absolute atomic E-state index is 12.3. The smallest absolute Gasteiger partial charge is 0.259 e. The third kappa shape index (κ3) is 3.07. The van der Waals surface area contributed by atoms with Crippen molar-refractivity contribution in [3.05, 3.63) is 82.3 Å². The molecule has 5 heteroatoms. The number of hydrogen-bond donors (Lipinski definition) is 1. The van der Waals surface area contributed by atoms with Gasteiger partial charge in [0.2, 0.25) is 5.88 Å². The molecule has 0 aliphatic rings. The van der Waals surface area contributed by atoms with E-state index in [-0.39, 0.29) is 5.56 Å². The molecule has 0 amide bonds. The van der Waals surface area contributed by atoms with Crippen LogP contribution in [0.4, 0.5) is 0 Å². The minimum atomic E-state index is -0.168. The monoisotopic (exact) mass is 343 g/mol. The van der Waals surface area contributed by atoms with Crippen molar-refractivity contribution < 1.29 is 4.74 Å². The van der Waals surface area contributed by atoms with E-state index in [1.54, 1.807) is 24.4 Å². The molecule has 5 nitrogen and oxygen atoms in total. The van der Waals surface area contributed by atoms with Crippen molar-refractivity contribution in [1.82, 2.24) is 15.0 Å². The second-order valence-electron chi connectivity index (χ2n) is 6.16. The highest BCUT2D eigenvalue weighted by Gasteiger charge is 2.08. The van der Waals surface area contributed by atoms with Crippen LogP contribution < -0.4 is 10.3 Å². The number of benzene rings is 2. The molecule has 0 saturated heterocycles. The van der Waals surface area contributed by atoms with Gasteiger partial charge in [0, 0.05) is 17.8 Å². The van der Waals surface area contributed by atoms with Gasteiger partial charge in [0.05, 0.1) is 10.9 Å². The fraction of sp³-hybridized carbons (Fsp3) is 0.0952. The van der Waals surface area contributed by atoms with E-state index in [2.05, 4.69) is 21.9 Å². The van der Waals surface area contributed by atoms with Gasteiger partial charge in [0.1, 0.15) is 11.6 Å². The predicted octanol–water partition coefficient (Wildman–Crippen LogP) is 4.39. The van der Waals surface area contributed by atoms with E-state index in [1.807, 2.05) is 43.3 Å². The molecule has 4 rings (SSSR count). The number of fused-ring (bicyclic) bond motifs is 1. The molecule has 2 aromatic carbocycles. The van der Waals surface area contributed by atoms with E-state index in [0.29, 0.717) is 22.6 Å². The average molecular weight is 343 g/mol. The molecule has 0 aliphatic carbocycles. The largest absolute Gasteiger partial charge is 0.439 e. The van der Waals surface area contributed by atoms with Gasteiger partial charge in [-0.05, 0) is 55.3 Å². The van der Waals surface area contributed by atoms with Crippen LogP contribution in [0.5, 0.6) is 11.6 Å². The molecule has 2 heterocycles. The van der Waals surface area contributed by atoms with Crippen molar-refractivity contribution in [3.63, 3.8) is 0 Å².